The third-order valence-corrected chi connectivity index (χ3v) is 22.9. The van der Waals surface area contributed by atoms with Crippen molar-refractivity contribution in [3.05, 3.63) is 228 Å². The van der Waals surface area contributed by atoms with Gasteiger partial charge in [-0.15, -0.1) is 0 Å². The molecule has 0 aliphatic rings. The molecule has 3 aromatic carbocycles. The highest BCUT2D eigenvalue weighted by molar-refractivity contribution is 5.77. The fourth-order valence-corrected chi connectivity index (χ4v) is 15.9. The highest BCUT2D eigenvalue weighted by atomic mass is 19.4. The van der Waals surface area contributed by atoms with E-state index in [9.17, 15) is 57.3 Å². The molecule has 0 fully saturated rings. The van der Waals surface area contributed by atoms with Gasteiger partial charge in [0.15, 0.2) is 16.9 Å². The van der Waals surface area contributed by atoms with Crippen molar-refractivity contribution in [2.45, 2.75) is 145 Å². The van der Waals surface area contributed by atoms with Crippen LogP contribution in [-0.4, -0.2) is 230 Å². The monoisotopic (exact) mass is 1780 g/mol. The van der Waals surface area contributed by atoms with Crippen LogP contribution in [0.15, 0.2) is 161 Å². The zero-order valence-electron chi connectivity index (χ0n) is 74.1. The molecule has 12 aromatic rings. The Morgan fingerprint density at radius 1 is 0.380 bits per heavy atom. The Balaban J connectivity index is 0.661. The first-order chi connectivity index (χ1) is 62.5. The van der Waals surface area contributed by atoms with Crippen LogP contribution in [0.3, 0.4) is 0 Å². The van der Waals surface area contributed by atoms with Gasteiger partial charge < -0.3 is 58.4 Å². The maximum Gasteiger partial charge on any atom is 0.393 e. The largest absolute Gasteiger partial charge is 0.481 e. The lowest BCUT2D eigenvalue weighted by Gasteiger charge is -2.21. The molecule has 0 amide bonds. The molecule has 9 aromatic heterocycles. The zero-order chi connectivity index (χ0) is 91.7. The molecule has 686 valence electrons. The van der Waals surface area contributed by atoms with Crippen LogP contribution in [0.5, 0.6) is 0 Å². The molecular formula is C93H113F3N18O15. The van der Waals surface area contributed by atoms with Crippen molar-refractivity contribution >= 4 is 69.2 Å². The van der Waals surface area contributed by atoms with Gasteiger partial charge in [0.2, 0.25) is 17.8 Å². The molecule has 3 N–H and O–H groups in total. The summed E-state index contributed by atoms with van der Waals surface area (Å²) in [5.41, 5.74) is 8.52. The Kier molecular flexibility index (Phi) is 34.1. The predicted molar refractivity (Wildman–Crippen MR) is 481 cm³/mol. The standard InChI is InChI=1S/C93H113F3N18O15/c1-9-65-57-100-87(106(11-3)12-4)103-75(65)53-67(84(115)116)50-62-23-29-71(30-24-62)112-81-78(20-17-35-97-81)109(90(112)121)38-41-124-44-46-127-60-74(129-49-48-126-43-40-111-80-22-19-37-99-83(80)114(92(111)123)72-31-25-63(26-32-72)51-68(85(117)118)54-76-66(10-2)58-101-88(104-76)107(13-5)14-6)61-128-47-45-125-42-39-110-79-21-18-36-98-82(79)113(91(110)122)73-33-27-64(28-34-73)52-69(86(119)120)55-77-70(56-93(94,95)96)59-102-89(105-77)108(15-7)16-8/h17-37,57-59,67-69,74H,9-16,38-56,60-61H2,1-8H3,(H,115,116)(H,117,118)(H,119,120)/t67-,68-,69-,74?/m1/s1. The molecule has 0 aliphatic carbocycles. The second kappa shape index (κ2) is 46.0. The Morgan fingerprint density at radius 3 is 0.969 bits per heavy atom. The first kappa shape index (κ1) is 95.6. The minimum Gasteiger partial charge on any atom is -0.481 e. The van der Waals surface area contributed by atoms with Crippen LogP contribution >= 0.6 is 0 Å². The molecule has 12 rings (SSSR count). The minimum atomic E-state index is -4.58. The van der Waals surface area contributed by atoms with Crippen molar-refractivity contribution in [1.82, 2.24) is 72.3 Å². The first-order valence-electron chi connectivity index (χ1n) is 44.0. The van der Waals surface area contributed by atoms with Crippen molar-refractivity contribution in [2.24, 2.45) is 17.8 Å². The van der Waals surface area contributed by atoms with Crippen molar-refractivity contribution in [3.8, 4) is 17.1 Å². The highest BCUT2D eigenvalue weighted by Gasteiger charge is 2.33. The molecule has 36 heteroatoms. The lowest BCUT2D eigenvalue weighted by atomic mass is 9.92. The number of aryl methyl sites for hydroxylation is 2. The van der Waals surface area contributed by atoms with Crippen LogP contribution in [0.1, 0.15) is 106 Å². The van der Waals surface area contributed by atoms with Gasteiger partial charge in [-0.2, -0.15) is 13.2 Å². The number of benzene rings is 3. The maximum absolute atomic E-state index is 14.4. The van der Waals surface area contributed by atoms with Crippen molar-refractivity contribution in [3.63, 3.8) is 0 Å². The number of pyridine rings is 3. The first-order valence-corrected chi connectivity index (χ1v) is 44.0. The summed E-state index contributed by atoms with van der Waals surface area (Å²) in [7, 11) is 0. The van der Waals surface area contributed by atoms with Gasteiger partial charge in [0.1, 0.15) is 6.10 Å². The summed E-state index contributed by atoms with van der Waals surface area (Å²) in [5, 5.41) is 31.3. The number of ether oxygens (including phenoxy) is 6. The SMILES string of the molecule is CCc1cnc(N(CC)CC)nc1C[C@@H](Cc1ccc(-n2c(=O)n(CCOCCOCC(COCCOCCn3c(=O)n(-c4ccc(C[C@H](Cc5nc(N(CC)CC)ncc5CC(F)(F)F)C(=O)O)cc4)c4ncccc43)OCCOCCn3c(=O)n(-c4ccc(C[C@H](Cc5nc(N(CC)CC)ncc5CC)C(=O)O)cc4)c4ncccc43)c3cccnc32)cc1)C(=O)O. The second-order valence-corrected chi connectivity index (χ2v) is 31.1. The van der Waals surface area contributed by atoms with Gasteiger partial charge in [0.25, 0.3) is 0 Å². The normalized spacial score (nSPS) is 12.8. The lowest BCUT2D eigenvalue weighted by Crippen LogP contribution is -2.29. The average molecular weight is 1780 g/mol. The molecule has 0 spiro atoms. The number of carboxylic acids is 3. The Hall–Kier alpha value is -12.5. The number of anilines is 3. The smallest absolute Gasteiger partial charge is 0.393 e. The number of alkyl halides is 3. The summed E-state index contributed by atoms with van der Waals surface area (Å²) < 4.78 is 87.2. The second-order valence-electron chi connectivity index (χ2n) is 31.1. The zero-order valence-corrected chi connectivity index (χ0v) is 74.1. The van der Waals surface area contributed by atoms with Crippen molar-refractivity contribution in [1.29, 1.82) is 0 Å². The third kappa shape index (κ3) is 24.3. The molecule has 0 saturated heterocycles. The van der Waals surface area contributed by atoms with E-state index in [2.05, 4.69) is 34.9 Å². The number of hydrogen-bond donors (Lipinski definition) is 3. The molecule has 1 unspecified atom stereocenters. The van der Waals surface area contributed by atoms with E-state index < -0.39 is 60.1 Å². The molecule has 129 heavy (non-hydrogen) atoms. The van der Waals surface area contributed by atoms with Gasteiger partial charge >= 0.3 is 41.2 Å². The van der Waals surface area contributed by atoms with E-state index in [-0.39, 0.29) is 159 Å². The molecule has 9 heterocycles. The van der Waals surface area contributed by atoms with Crippen molar-refractivity contribution in [2.75, 3.05) is 127 Å². The van der Waals surface area contributed by atoms with E-state index in [0.29, 0.717) is 132 Å². The summed E-state index contributed by atoms with van der Waals surface area (Å²) in [6.45, 7) is 21.4. The number of fused-ring (bicyclic) bond motifs is 3. The molecule has 33 nitrogen and oxygen atoms in total. The van der Waals surface area contributed by atoms with Crippen LogP contribution in [0.25, 0.3) is 50.6 Å². The number of rotatable bonds is 53. The van der Waals surface area contributed by atoms with E-state index in [4.69, 9.17) is 38.4 Å². The molecular weight excluding hydrogens is 1670 g/mol. The van der Waals surface area contributed by atoms with Gasteiger partial charge in [0.05, 0.1) is 156 Å². The van der Waals surface area contributed by atoms with Crippen LogP contribution in [0.2, 0.25) is 0 Å². The van der Waals surface area contributed by atoms with Gasteiger partial charge in [-0.1, -0.05) is 50.2 Å². The molecule has 0 aliphatic heterocycles. The number of aliphatic carboxylic acids is 3. The van der Waals surface area contributed by atoms with Crippen molar-refractivity contribution < 1.29 is 71.3 Å². The summed E-state index contributed by atoms with van der Waals surface area (Å²) in [4.78, 5) is 128. The topological polar surface area (TPSA) is 374 Å². The number of aromatic nitrogens is 15. The fourth-order valence-electron chi connectivity index (χ4n) is 15.9. The predicted octanol–water partition coefficient (Wildman–Crippen LogP) is 10.7. The molecule has 4 atom stereocenters. The Bertz CT molecular complexity index is 5910. The minimum absolute atomic E-state index is 0.00850. The Morgan fingerprint density at radius 2 is 0.674 bits per heavy atom. The van der Waals surface area contributed by atoms with Gasteiger partial charge in [-0.3, -0.25) is 28.1 Å². The average Bonchev–Trinajstić information content (AvgIpc) is 1.62. The van der Waals surface area contributed by atoms with Gasteiger partial charge in [0, 0.05) is 113 Å². The summed E-state index contributed by atoms with van der Waals surface area (Å²) in [6.07, 6.45) is 4.89. The quantitative estimate of drug-likeness (QED) is 0.0298. The molecule has 0 saturated carbocycles. The van der Waals surface area contributed by atoms with E-state index in [0.717, 1.165) is 28.5 Å². The number of imidazole rings is 3. The number of carboxylic acid groups (broad SMARTS) is 3. The van der Waals surface area contributed by atoms with E-state index >= 15 is 0 Å². The number of carbonyl (C=O) groups is 3. The van der Waals surface area contributed by atoms with Crippen LogP contribution in [0.4, 0.5) is 31.0 Å². The lowest BCUT2D eigenvalue weighted by molar-refractivity contribution is -0.142. The summed E-state index contributed by atoms with van der Waals surface area (Å²) in [6, 6.07) is 31.8. The fraction of sp³-hybridized carbons (Fsp3) is 0.452. The van der Waals surface area contributed by atoms with E-state index in [1.807, 2.05) is 102 Å². The van der Waals surface area contributed by atoms with Crippen LogP contribution < -0.4 is 31.8 Å². The van der Waals surface area contributed by atoms with E-state index in [1.165, 1.54) is 18.3 Å². The maximum atomic E-state index is 14.4. The van der Waals surface area contributed by atoms with E-state index in [1.54, 1.807) is 118 Å². The van der Waals surface area contributed by atoms with Gasteiger partial charge in [-0.05, 0) is 174 Å². The Labute approximate surface area is 744 Å². The summed E-state index contributed by atoms with van der Waals surface area (Å²) in [5.74, 6) is -4.43. The number of halogens is 3. The molecule has 0 bridgehead atoms. The van der Waals surface area contributed by atoms with Crippen LogP contribution in [-0.2, 0) is 120 Å². The third-order valence-electron chi connectivity index (χ3n) is 22.9. The number of nitrogens with zero attached hydrogens (tertiary/aromatic N) is 18. The number of hydrogen-bond acceptors (Lipinski definition) is 24. The molecule has 0 radical (unpaired) electrons. The highest BCUT2D eigenvalue weighted by Crippen LogP contribution is 2.30. The van der Waals surface area contributed by atoms with Crippen LogP contribution in [0, 0.1) is 17.8 Å². The summed E-state index contributed by atoms with van der Waals surface area (Å²) >= 11 is 0. The van der Waals surface area contributed by atoms with Gasteiger partial charge in [-0.25, -0.2) is 72.9 Å².